The van der Waals surface area contributed by atoms with Crippen LogP contribution in [0, 0.1) is 6.92 Å². The maximum atomic E-state index is 4.45. The van der Waals surface area contributed by atoms with Crippen molar-refractivity contribution in [3.05, 3.63) is 28.9 Å². The van der Waals surface area contributed by atoms with Gasteiger partial charge < -0.3 is 5.32 Å². The molecule has 2 aromatic rings. The Morgan fingerprint density at radius 1 is 1.39 bits per heavy atom. The zero-order valence-electron chi connectivity index (χ0n) is 10.7. The topological polar surface area (TPSA) is 50.7 Å². The van der Waals surface area contributed by atoms with E-state index in [2.05, 4.69) is 40.4 Å². The molecular weight excluding hydrogens is 264 g/mol. The zero-order valence-corrected chi connectivity index (χ0v) is 12.3. The maximum Gasteiger partial charge on any atom is 0.180 e. The lowest BCUT2D eigenvalue weighted by Crippen LogP contribution is -2.17. The van der Waals surface area contributed by atoms with Crippen LogP contribution >= 0.6 is 23.1 Å². The van der Waals surface area contributed by atoms with Gasteiger partial charge in [0.1, 0.15) is 10.0 Å². The summed E-state index contributed by atoms with van der Waals surface area (Å²) in [5.41, 5.74) is 1.20. The highest BCUT2D eigenvalue weighted by atomic mass is 32.2. The van der Waals surface area contributed by atoms with Gasteiger partial charge in [0.2, 0.25) is 0 Å². The highest BCUT2D eigenvalue weighted by Crippen LogP contribution is 2.28. The number of nitrogens with one attached hydrogen (secondary N) is 1. The van der Waals surface area contributed by atoms with E-state index in [1.807, 2.05) is 19.2 Å². The second kappa shape index (κ2) is 6.26. The minimum atomic E-state index is 0.338. The molecule has 0 aromatic carbocycles. The molecule has 96 valence electrons. The van der Waals surface area contributed by atoms with E-state index in [4.69, 9.17) is 0 Å². The summed E-state index contributed by atoms with van der Waals surface area (Å²) in [6.07, 6.45) is 1.92. The Morgan fingerprint density at radius 3 is 2.78 bits per heavy atom. The summed E-state index contributed by atoms with van der Waals surface area (Å²) in [5.74, 6) is 0. The molecule has 18 heavy (non-hydrogen) atoms. The highest BCUT2D eigenvalue weighted by molar-refractivity contribution is 8.01. The largest absolute Gasteiger partial charge is 0.310 e. The van der Waals surface area contributed by atoms with Crippen molar-refractivity contribution in [2.45, 2.75) is 36.2 Å². The molecule has 2 heterocycles. The van der Waals surface area contributed by atoms with E-state index < -0.39 is 0 Å². The minimum absolute atomic E-state index is 0.338. The third kappa shape index (κ3) is 3.51. The maximum absolute atomic E-state index is 4.45. The molecule has 0 fully saturated rings. The van der Waals surface area contributed by atoms with Gasteiger partial charge in [-0.1, -0.05) is 24.3 Å². The molecule has 4 nitrogen and oxygen atoms in total. The van der Waals surface area contributed by atoms with Gasteiger partial charge in [-0.15, -0.1) is 10.2 Å². The third-order valence-corrected chi connectivity index (χ3v) is 4.31. The standard InChI is InChI=1S/C12H16N4S2/c1-4-13-8(2)10-5-6-11(14-7-10)18-12-16-15-9(3)17-12/h5-8,13H,4H2,1-3H3. The smallest absolute Gasteiger partial charge is 0.180 e. The first kappa shape index (κ1) is 13.5. The van der Waals surface area contributed by atoms with E-state index in [1.165, 1.54) is 5.56 Å². The Labute approximate surface area is 115 Å². The predicted molar refractivity (Wildman–Crippen MR) is 75.1 cm³/mol. The SMILES string of the molecule is CCNC(C)c1ccc(Sc2nnc(C)s2)nc1. The van der Waals surface area contributed by atoms with Crippen LogP contribution < -0.4 is 5.32 Å². The average Bonchev–Trinajstić information content (AvgIpc) is 2.76. The van der Waals surface area contributed by atoms with E-state index in [9.17, 15) is 0 Å². The van der Waals surface area contributed by atoms with Gasteiger partial charge in [-0.3, -0.25) is 0 Å². The van der Waals surface area contributed by atoms with E-state index in [-0.39, 0.29) is 0 Å². The van der Waals surface area contributed by atoms with E-state index in [1.54, 1.807) is 23.1 Å². The molecule has 1 unspecified atom stereocenters. The molecule has 0 aliphatic carbocycles. The fraction of sp³-hybridized carbons (Fsp3) is 0.417. The van der Waals surface area contributed by atoms with Crippen molar-refractivity contribution in [2.24, 2.45) is 0 Å². The normalized spacial score (nSPS) is 12.6. The summed E-state index contributed by atoms with van der Waals surface area (Å²) >= 11 is 3.15. The first-order chi connectivity index (χ1) is 8.69. The summed E-state index contributed by atoms with van der Waals surface area (Å²) in [5, 5.41) is 13.4. The highest BCUT2D eigenvalue weighted by Gasteiger charge is 2.07. The molecule has 0 aliphatic heterocycles. The Hall–Kier alpha value is -0.980. The second-order valence-corrected chi connectivity index (χ2v) is 6.35. The summed E-state index contributed by atoms with van der Waals surface area (Å²) in [6.45, 7) is 7.16. The molecule has 0 spiro atoms. The van der Waals surface area contributed by atoms with Gasteiger partial charge in [-0.05, 0) is 43.8 Å². The number of nitrogens with zero attached hydrogens (tertiary/aromatic N) is 3. The first-order valence-corrected chi connectivity index (χ1v) is 7.49. The quantitative estimate of drug-likeness (QED) is 0.912. The van der Waals surface area contributed by atoms with Crippen LogP contribution in [0.2, 0.25) is 0 Å². The summed E-state index contributed by atoms with van der Waals surface area (Å²) in [7, 11) is 0. The fourth-order valence-corrected chi connectivity index (χ4v) is 3.24. The van der Waals surface area contributed by atoms with Gasteiger partial charge in [0.05, 0.1) is 0 Å². The molecule has 1 atom stereocenters. The predicted octanol–water partition coefficient (Wildman–Crippen LogP) is 3.06. The van der Waals surface area contributed by atoms with Crippen LogP contribution in [0.1, 0.15) is 30.5 Å². The molecule has 0 saturated heterocycles. The van der Waals surface area contributed by atoms with Crippen LogP contribution in [0.5, 0.6) is 0 Å². The molecule has 2 rings (SSSR count). The lowest BCUT2D eigenvalue weighted by atomic mass is 10.1. The van der Waals surface area contributed by atoms with Gasteiger partial charge in [-0.25, -0.2) is 4.98 Å². The van der Waals surface area contributed by atoms with Gasteiger partial charge in [0, 0.05) is 12.2 Å². The van der Waals surface area contributed by atoms with Crippen LogP contribution in [0.15, 0.2) is 27.7 Å². The van der Waals surface area contributed by atoms with Crippen LogP contribution in [0.3, 0.4) is 0 Å². The Morgan fingerprint density at radius 2 is 2.22 bits per heavy atom. The van der Waals surface area contributed by atoms with E-state index in [0.29, 0.717) is 6.04 Å². The molecule has 0 aliphatic rings. The molecule has 1 N–H and O–H groups in total. The van der Waals surface area contributed by atoms with Crippen LogP contribution in [-0.4, -0.2) is 21.7 Å². The van der Waals surface area contributed by atoms with Crippen LogP contribution in [-0.2, 0) is 0 Å². The van der Waals surface area contributed by atoms with Crippen molar-refractivity contribution in [3.63, 3.8) is 0 Å². The van der Waals surface area contributed by atoms with Gasteiger partial charge in [-0.2, -0.15) is 0 Å². The third-order valence-electron chi connectivity index (χ3n) is 2.47. The summed E-state index contributed by atoms with van der Waals surface area (Å²) < 4.78 is 0.937. The van der Waals surface area contributed by atoms with Crippen molar-refractivity contribution in [1.29, 1.82) is 0 Å². The monoisotopic (exact) mass is 280 g/mol. The molecule has 0 saturated carbocycles. The first-order valence-electron chi connectivity index (χ1n) is 5.86. The second-order valence-electron chi connectivity index (χ2n) is 3.90. The van der Waals surface area contributed by atoms with Crippen molar-refractivity contribution in [3.8, 4) is 0 Å². The number of pyridine rings is 1. The van der Waals surface area contributed by atoms with Crippen molar-refractivity contribution < 1.29 is 0 Å². The van der Waals surface area contributed by atoms with Crippen molar-refractivity contribution in [1.82, 2.24) is 20.5 Å². The Balaban J connectivity index is 2.03. The summed E-state index contributed by atoms with van der Waals surface area (Å²) in [4.78, 5) is 4.45. The van der Waals surface area contributed by atoms with Crippen LogP contribution in [0.4, 0.5) is 0 Å². The van der Waals surface area contributed by atoms with Gasteiger partial charge in [0.15, 0.2) is 4.34 Å². The number of hydrogen-bond donors (Lipinski definition) is 1. The zero-order chi connectivity index (χ0) is 13.0. The number of hydrogen-bond acceptors (Lipinski definition) is 6. The van der Waals surface area contributed by atoms with E-state index >= 15 is 0 Å². The molecule has 2 aromatic heterocycles. The molecule has 0 bridgehead atoms. The molecule has 0 radical (unpaired) electrons. The van der Waals surface area contributed by atoms with E-state index in [0.717, 1.165) is 20.9 Å². The number of aryl methyl sites for hydroxylation is 1. The summed E-state index contributed by atoms with van der Waals surface area (Å²) in [6, 6.07) is 4.48. The van der Waals surface area contributed by atoms with Gasteiger partial charge >= 0.3 is 0 Å². The fourth-order valence-electron chi connectivity index (χ4n) is 1.54. The molecule has 6 heteroatoms. The lowest BCUT2D eigenvalue weighted by Gasteiger charge is -2.12. The Kier molecular flexibility index (Phi) is 4.68. The number of aromatic nitrogens is 3. The van der Waals surface area contributed by atoms with Gasteiger partial charge in [0.25, 0.3) is 0 Å². The molecule has 0 amide bonds. The lowest BCUT2D eigenvalue weighted by molar-refractivity contribution is 0.595. The van der Waals surface area contributed by atoms with Crippen molar-refractivity contribution in [2.75, 3.05) is 6.54 Å². The molecular formula is C12H16N4S2. The van der Waals surface area contributed by atoms with Crippen molar-refractivity contribution >= 4 is 23.1 Å². The average molecular weight is 280 g/mol. The van der Waals surface area contributed by atoms with Crippen LogP contribution in [0.25, 0.3) is 0 Å². The Bertz CT molecular complexity index is 495. The minimum Gasteiger partial charge on any atom is -0.310 e. The number of rotatable bonds is 5.